The smallest absolute Gasteiger partial charge is 0.266 e. The molecule has 0 aliphatic heterocycles. The fourth-order valence-corrected chi connectivity index (χ4v) is 4.07. The second-order valence-corrected chi connectivity index (χ2v) is 6.85. The zero-order valence-electron chi connectivity index (χ0n) is 12.8. The fraction of sp³-hybridized carbons (Fsp3) is 0.500. The molecule has 0 saturated heterocycles. The molecular weight excluding hydrogens is 282 g/mol. The van der Waals surface area contributed by atoms with E-state index >= 15 is 0 Å². The van der Waals surface area contributed by atoms with Gasteiger partial charge in [0.1, 0.15) is 4.88 Å². The van der Waals surface area contributed by atoms with Crippen molar-refractivity contribution in [1.29, 1.82) is 0 Å². The van der Waals surface area contributed by atoms with Gasteiger partial charge in [-0.1, -0.05) is 6.92 Å². The molecule has 1 fully saturated rings. The number of aromatic nitrogens is 1. The van der Waals surface area contributed by atoms with Gasteiger partial charge in [0.25, 0.3) is 5.91 Å². The molecule has 5 heteroatoms. The number of rotatable bonds is 4. The Labute approximate surface area is 129 Å². The van der Waals surface area contributed by atoms with E-state index in [1.54, 1.807) is 0 Å². The average Bonchev–Trinajstić information content (AvgIpc) is 3.19. The van der Waals surface area contributed by atoms with E-state index in [1.807, 2.05) is 24.8 Å². The number of carbonyl (C=O) groups is 1. The van der Waals surface area contributed by atoms with Crippen LogP contribution in [0, 0.1) is 13.8 Å². The first-order valence-electron chi connectivity index (χ1n) is 7.50. The maximum atomic E-state index is 12.8. The summed E-state index contributed by atoms with van der Waals surface area (Å²) in [7, 11) is 0. The first kappa shape index (κ1) is 14.3. The molecule has 2 aromatic rings. The number of fused-ring (bicyclic) bond motifs is 1. The Morgan fingerprint density at radius 1 is 1.48 bits per heavy atom. The number of anilines is 1. The van der Waals surface area contributed by atoms with Gasteiger partial charge < -0.3 is 10.6 Å². The van der Waals surface area contributed by atoms with Gasteiger partial charge in [-0.15, -0.1) is 11.3 Å². The van der Waals surface area contributed by atoms with E-state index in [1.165, 1.54) is 11.3 Å². The second kappa shape index (κ2) is 5.30. The van der Waals surface area contributed by atoms with Crippen LogP contribution in [0.3, 0.4) is 0 Å². The topological polar surface area (TPSA) is 59.2 Å². The fourth-order valence-electron chi connectivity index (χ4n) is 2.85. The molecule has 1 aliphatic carbocycles. The largest absolute Gasteiger partial charge is 0.397 e. The third-order valence-electron chi connectivity index (χ3n) is 3.93. The highest BCUT2D eigenvalue weighted by molar-refractivity contribution is 7.21. The number of nitrogen functional groups attached to an aromatic ring is 1. The molecule has 2 heterocycles. The lowest BCUT2D eigenvalue weighted by atomic mass is 10.2. The predicted octanol–water partition coefficient (Wildman–Crippen LogP) is 3.51. The van der Waals surface area contributed by atoms with Crippen molar-refractivity contribution in [2.75, 3.05) is 12.3 Å². The summed E-state index contributed by atoms with van der Waals surface area (Å²) in [5.41, 5.74) is 8.75. The molecule has 2 N–H and O–H groups in total. The number of thiophene rings is 1. The van der Waals surface area contributed by atoms with E-state index in [4.69, 9.17) is 5.73 Å². The maximum Gasteiger partial charge on any atom is 0.266 e. The van der Waals surface area contributed by atoms with Gasteiger partial charge >= 0.3 is 0 Å². The highest BCUT2D eigenvalue weighted by atomic mass is 32.1. The number of pyridine rings is 1. The number of carbonyl (C=O) groups excluding carboxylic acids is 1. The second-order valence-electron chi connectivity index (χ2n) is 5.80. The Balaban J connectivity index is 2.05. The Bertz CT molecular complexity index is 703. The summed E-state index contributed by atoms with van der Waals surface area (Å²) in [6, 6.07) is 2.43. The molecule has 0 unspecified atom stereocenters. The zero-order valence-corrected chi connectivity index (χ0v) is 13.6. The molecule has 1 saturated carbocycles. The Morgan fingerprint density at radius 2 is 2.19 bits per heavy atom. The third-order valence-corrected chi connectivity index (χ3v) is 5.07. The molecule has 0 atom stereocenters. The van der Waals surface area contributed by atoms with Gasteiger partial charge in [-0.25, -0.2) is 0 Å². The van der Waals surface area contributed by atoms with Gasteiger partial charge in [0.15, 0.2) is 0 Å². The lowest BCUT2D eigenvalue weighted by molar-refractivity contribution is 0.0749. The standard InChI is InChI=1S/C16H21N3OS/c1-4-7-19(11-5-6-11)16(20)15-14(17)13-10(3)18-9(2)8-12(13)21-15/h8,11H,4-7,17H2,1-3H3. The summed E-state index contributed by atoms with van der Waals surface area (Å²) in [4.78, 5) is 20.0. The van der Waals surface area contributed by atoms with Crippen LogP contribution in [0.4, 0.5) is 5.69 Å². The molecular formula is C16H21N3OS. The molecule has 1 aliphatic rings. The van der Waals surface area contributed by atoms with Crippen molar-refractivity contribution in [2.45, 2.75) is 46.1 Å². The van der Waals surface area contributed by atoms with Crippen LogP contribution in [0.15, 0.2) is 6.07 Å². The third kappa shape index (κ3) is 2.50. The zero-order chi connectivity index (χ0) is 15.1. The quantitative estimate of drug-likeness (QED) is 0.940. The Hall–Kier alpha value is -1.62. The van der Waals surface area contributed by atoms with Crippen LogP contribution in [0.25, 0.3) is 10.1 Å². The van der Waals surface area contributed by atoms with Gasteiger partial charge in [-0.2, -0.15) is 0 Å². The van der Waals surface area contributed by atoms with Crippen LogP contribution >= 0.6 is 11.3 Å². The molecule has 3 rings (SSSR count). The summed E-state index contributed by atoms with van der Waals surface area (Å²) in [5.74, 6) is 0.0927. The predicted molar refractivity (Wildman–Crippen MR) is 87.9 cm³/mol. The molecule has 0 spiro atoms. The maximum absolute atomic E-state index is 12.8. The van der Waals surface area contributed by atoms with Crippen LogP contribution in [0.5, 0.6) is 0 Å². The van der Waals surface area contributed by atoms with Crippen molar-refractivity contribution in [2.24, 2.45) is 0 Å². The van der Waals surface area contributed by atoms with Gasteiger partial charge in [0.05, 0.1) is 5.69 Å². The minimum atomic E-state index is 0.0927. The van der Waals surface area contributed by atoms with Gasteiger partial charge in [-0.3, -0.25) is 9.78 Å². The molecule has 0 radical (unpaired) electrons. The van der Waals surface area contributed by atoms with E-state index in [2.05, 4.69) is 11.9 Å². The highest BCUT2D eigenvalue weighted by Gasteiger charge is 2.34. The van der Waals surface area contributed by atoms with Crippen LogP contribution in [0.1, 0.15) is 47.2 Å². The number of hydrogen-bond donors (Lipinski definition) is 1. The SMILES string of the molecule is CCCN(C(=O)c1sc2cc(C)nc(C)c2c1N)C1CC1. The van der Waals surface area contributed by atoms with Crippen LogP contribution < -0.4 is 5.73 Å². The van der Waals surface area contributed by atoms with Gasteiger partial charge in [0.2, 0.25) is 0 Å². The number of hydrogen-bond acceptors (Lipinski definition) is 4. The monoisotopic (exact) mass is 303 g/mol. The first-order chi connectivity index (χ1) is 10.0. The molecule has 1 amide bonds. The number of aryl methyl sites for hydroxylation is 2. The van der Waals surface area contributed by atoms with Crippen molar-refractivity contribution in [3.63, 3.8) is 0 Å². The summed E-state index contributed by atoms with van der Waals surface area (Å²) < 4.78 is 1.06. The summed E-state index contributed by atoms with van der Waals surface area (Å²) in [6.45, 7) is 6.84. The van der Waals surface area contributed by atoms with Crippen molar-refractivity contribution in [1.82, 2.24) is 9.88 Å². The van der Waals surface area contributed by atoms with Crippen molar-refractivity contribution < 1.29 is 4.79 Å². The average molecular weight is 303 g/mol. The van der Waals surface area contributed by atoms with E-state index in [0.29, 0.717) is 16.6 Å². The molecule has 4 nitrogen and oxygen atoms in total. The summed E-state index contributed by atoms with van der Waals surface area (Å²) >= 11 is 1.50. The van der Waals surface area contributed by atoms with Crippen LogP contribution in [0.2, 0.25) is 0 Å². The molecule has 112 valence electrons. The Kier molecular flexibility index (Phi) is 3.61. The van der Waals surface area contributed by atoms with E-state index < -0.39 is 0 Å². The Morgan fingerprint density at radius 3 is 2.81 bits per heavy atom. The summed E-state index contributed by atoms with van der Waals surface area (Å²) in [5, 5.41) is 0.946. The van der Waals surface area contributed by atoms with E-state index in [9.17, 15) is 4.79 Å². The van der Waals surface area contributed by atoms with Crippen molar-refractivity contribution in [3.05, 3.63) is 22.3 Å². The normalized spacial score (nSPS) is 14.6. The number of nitrogens with two attached hydrogens (primary N) is 1. The first-order valence-corrected chi connectivity index (χ1v) is 8.31. The van der Waals surface area contributed by atoms with Crippen LogP contribution in [-0.4, -0.2) is 28.4 Å². The van der Waals surface area contributed by atoms with E-state index in [0.717, 1.165) is 47.3 Å². The highest BCUT2D eigenvalue weighted by Crippen LogP contribution is 2.38. The van der Waals surface area contributed by atoms with Gasteiger partial charge in [-0.05, 0) is 39.2 Å². The number of amides is 1. The number of nitrogens with zero attached hydrogens (tertiary/aromatic N) is 2. The lowest BCUT2D eigenvalue weighted by Crippen LogP contribution is -2.33. The van der Waals surface area contributed by atoms with Crippen molar-refractivity contribution in [3.8, 4) is 0 Å². The van der Waals surface area contributed by atoms with Gasteiger partial charge in [0, 0.05) is 34.1 Å². The molecule has 0 aromatic carbocycles. The minimum absolute atomic E-state index is 0.0927. The lowest BCUT2D eigenvalue weighted by Gasteiger charge is -2.21. The molecule has 0 bridgehead atoms. The van der Waals surface area contributed by atoms with Crippen molar-refractivity contribution >= 4 is 33.0 Å². The molecule has 21 heavy (non-hydrogen) atoms. The minimum Gasteiger partial charge on any atom is -0.397 e. The summed E-state index contributed by atoms with van der Waals surface area (Å²) in [6.07, 6.45) is 3.22. The van der Waals surface area contributed by atoms with Crippen LogP contribution in [-0.2, 0) is 0 Å². The molecule has 2 aromatic heterocycles. The van der Waals surface area contributed by atoms with E-state index in [-0.39, 0.29) is 5.91 Å².